The van der Waals surface area contributed by atoms with Crippen molar-refractivity contribution in [1.29, 1.82) is 0 Å². The van der Waals surface area contributed by atoms with Gasteiger partial charge in [0.1, 0.15) is 6.67 Å². The fourth-order valence-electron chi connectivity index (χ4n) is 4.96. The second kappa shape index (κ2) is 13.5. The molecule has 1 aliphatic heterocycles. The van der Waals surface area contributed by atoms with E-state index in [2.05, 4.69) is 49.8 Å². The number of piperidine rings is 1. The van der Waals surface area contributed by atoms with E-state index in [1.54, 1.807) is 19.9 Å². The molecule has 2 unspecified atom stereocenters. The summed E-state index contributed by atoms with van der Waals surface area (Å²) in [4.78, 5) is 2.14. The second-order valence-corrected chi connectivity index (χ2v) is 10.8. The Bertz CT molecular complexity index is 1330. The van der Waals surface area contributed by atoms with Crippen molar-refractivity contribution in [2.24, 2.45) is 0 Å². The van der Waals surface area contributed by atoms with Crippen LogP contribution in [0.25, 0.3) is 10.8 Å². The zero-order valence-corrected chi connectivity index (χ0v) is 24.6. The van der Waals surface area contributed by atoms with Crippen LogP contribution in [0.4, 0.5) is 23.2 Å². The molecule has 210 valence electrons. The van der Waals surface area contributed by atoms with Crippen molar-refractivity contribution in [3.05, 3.63) is 94.3 Å². The Balaban J connectivity index is 2.16. The highest BCUT2D eigenvalue weighted by atomic mass is 31.0. The first-order valence-electron chi connectivity index (χ1n) is 13.4. The fourth-order valence-corrected chi connectivity index (χ4v) is 5.22. The topological polar surface area (TPSA) is 15.3 Å². The normalized spacial score (nSPS) is 18.6. The molecule has 1 aliphatic rings. The molecule has 1 fully saturated rings. The molecule has 1 N–H and O–H groups in total. The lowest BCUT2D eigenvalue weighted by atomic mass is 9.89. The number of likely N-dealkylation sites (N-methyl/N-ethyl adjacent to an activating group) is 1. The molecule has 0 amide bonds. The van der Waals surface area contributed by atoms with Crippen LogP contribution in [0, 0.1) is 0 Å². The summed E-state index contributed by atoms with van der Waals surface area (Å²) in [6.07, 6.45) is 3.29. The molecule has 2 aromatic rings. The summed E-state index contributed by atoms with van der Waals surface area (Å²) < 4.78 is 55.9. The summed E-state index contributed by atoms with van der Waals surface area (Å²) in [5, 5.41) is 7.03. The third kappa shape index (κ3) is 7.63. The second-order valence-electron chi connectivity index (χ2n) is 10.1. The van der Waals surface area contributed by atoms with E-state index in [-0.39, 0.29) is 23.6 Å². The number of rotatable bonds is 8. The Morgan fingerprint density at radius 2 is 1.92 bits per heavy atom. The number of benzene rings is 2. The predicted molar refractivity (Wildman–Crippen MR) is 161 cm³/mol. The molecule has 39 heavy (non-hydrogen) atoms. The fraction of sp³-hybridized carbons (Fsp3) is 0.375. The van der Waals surface area contributed by atoms with Gasteiger partial charge in [-0.2, -0.15) is 13.2 Å². The van der Waals surface area contributed by atoms with Crippen LogP contribution in [-0.2, 0) is 0 Å². The monoisotopic (exact) mass is 558 g/mol. The molecule has 0 radical (unpaired) electrons. The van der Waals surface area contributed by atoms with Crippen molar-refractivity contribution in [2.45, 2.75) is 59.2 Å². The van der Waals surface area contributed by atoms with E-state index in [9.17, 15) is 17.6 Å². The van der Waals surface area contributed by atoms with Crippen LogP contribution >= 0.6 is 9.24 Å². The minimum absolute atomic E-state index is 0.0641. The van der Waals surface area contributed by atoms with Crippen molar-refractivity contribution in [3.63, 3.8) is 0 Å². The van der Waals surface area contributed by atoms with E-state index in [1.807, 2.05) is 33.0 Å². The molecule has 1 saturated heterocycles. The Kier molecular flexibility index (Phi) is 10.6. The van der Waals surface area contributed by atoms with Crippen molar-refractivity contribution in [1.82, 2.24) is 4.90 Å². The number of anilines is 1. The minimum Gasteiger partial charge on any atom is -0.376 e. The molecule has 0 bridgehead atoms. The van der Waals surface area contributed by atoms with Crippen molar-refractivity contribution < 1.29 is 17.6 Å². The zero-order chi connectivity index (χ0) is 28.7. The molecule has 0 aliphatic carbocycles. The summed E-state index contributed by atoms with van der Waals surface area (Å²) in [6.45, 7) is 7.01. The SMILES string of the molecule is C\C=C(CF)/C(=C\C(=C\CC)C(F)(F)F)C(/C=C1/C(Nc2cccc3ccc(P)cc23)CCCN1C)=C(C)C. The molecule has 1 heterocycles. The van der Waals surface area contributed by atoms with E-state index in [0.717, 1.165) is 64.6 Å². The van der Waals surface area contributed by atoms with E-state index >= 15 is 0 Å². The smallest absolute Gasteiger partial charge is 0.376 e. The summed E-state index contributed by atoms with van der Waals surface area (Å²) >= 11 is 0. The molecule has 3 rings (SSSR count). The first-order valence-corrected chi connectivity index (χ1v) is 13.9. The van der Waals surface area contributed by atoms with E-state index in [0.29, 0.717) is 5.57 Å². The van der Waals surface area contributed by atoms with Gasteiger partial charge in [0, 0.05) is 30.4 Å². The maximum absolute atomic E-state index is 14.2. The Labute approximate surface area is 232 Å². The maximum Gasteiger partial charge on any atom is 0.416 e. The van der Waals surface area contributed by atoms with Gasteiger partial charge in [-0.1, -0.05) is 48.9 Å². The van der Waals surface area contributed by atoms with Crippen LogP contribution in [0.1, 0.15) is 47.0 Å². The quantitative estimate of drug-likeness (QED) is 0.198. The lowest BCUT2D eigenvalue weighted by molar-refractivity contribution is -0.0884. The summed E-state index contributed by atoms with van der Waals surface area (Å²) in [7, 11) is 4.73. The van der Waals surface area contributed by atoms with E-state index in [4.69, 9.17) is 0 Å². The highest BCUT2D eigenvalue weighted by molar-refractivity contribution is 7.27. The number of allylic oxidation sites excluding steroid dienone is 9. The first-order chi connectivity index (χ1) is 18.5. The van der Waals surface area contributed by atoms with E-state index in [1.165, 1.54) is 0 Å². The number of hydrogen-bond donors (Lipinski definition) is 1. The average molecular weight is 559 g/mol. The van der Waals surface area contributed by atoms with Gasteiger partial charge < -0.3 is 10.2 Å². The Morgan fingerprint density at radius 3 is 2.54 bits per heavy atom. The summed E-state index contributed by atoms with van der Waals surface area (Å²) in [5.41, 5.74) is 3.12. The molecular formula is C32H39F4N2P. The predicted octanol–water partition coefficient (Wildman–Crippen LogP) is 8.81. The van der Waals surface area contributed by atoms with Crippen LogP contribution in [0.2, 0.25) is 0 Å². The van der Waals surface area contributed by atoms with Gasteiger partial charge in [0.15, 0.2) is 0 Å². The number of nitrogens with zero attached hydrogens (tertiary/aromatic N) is 1. The number of likely N-dealkylation sites (tertiary alicyclic amines) is 1. The van der Waals surface area contributed by atoms with Crippen LogP contribution in [0.5, 0.6) is 0 Å². The number of halogens is 4. The maximum atomic E-state index is 14.2. The van der Waals surface area contributed by atoms with Gasteiger partial charge in [0.25, 0.3) is 0 Å². The van der Waals surface area contributed by atoms with Gasteiger partial charge >= 0.3 is 6.18 Å². The van der Waals surface area contributed by atoms with Crippen molar-refractivity contribution in [2.75, 3.05) is 25.6 Å². The van der Waals surface area contributed by atoms with Gasteiger partial charge in [-0.3, -0.25) is 0 Å². The van der Waals surface area contributed by atoms with Gasteiger partial charge in [-0.05, 0) is 91.7 Å². The molecule has 7 heteroatoms. The van der Waals surface area contributed by atoms with Gasteiger partial charge in [0.2, 0.25) is 0 Å². The van der Waals surface area contributed by atoms with Gasteiger partial charge in [0.05, 0.1) is 11.6 Å². The van der Waals surface area contributed by atoms with Crippen LogP contribution in [-0.4, -0.2) is 37.4 Å². The largest absolute Gasteiger partial charge is 0.416 e. The summed E-state index contributed by atoms with van der Waals surface area (Å²) in [5.74, 6) is 0. The molecule has 0 aromatic heterocycles. The van der Waals surface area contributed by atoms with Crippen LogP contribution in [0.3, 0.4) is 0 Å². The van der Waals surface area contributed by atoms with Crippen LogP contribution in [0.15, 0.2) is 94.3 Å². The third-order valence-corrected chi connectivity index (χ3v) is 7.39. The highest BCUT2D eigenvalue weighted by Crippen LogP contribution is 2.35. The molecular weight excluding hydrogens is 519 g/mol. The Morgan fingerprint density at radius 1 is 1.18 bits per heavy atom. The first kappa shape index (κ1) is 30.7. The number of alkyl halides is 4. The lowest BCUT2D eigenvalue weighted by Crippen LogP contribution is -2.38. The highest BCUT2D eigenvalue weighted by Gasteiger charge is 2.33. The minimum atomic E-state index is -4.53. The lowest BCUT2D eigenvalue weighted by Gasteiger charge is -2.36. The van der Waals surface area contributed by atoms with E-state index < -0.39 is 18.4 Å². The number of hydrogen-bond acceptors (Lipinski definition) is 2. The van der Waals surface area contributed by atoms with Crippen molar-refractivity contribution in [3.8, 4) is 0 Å². The van der Waals surface area contributed by atoms with Crippen molar-refractivity contribution >= 4 is 31.0 Å². The molecule has 2 atom stereocenters. The molecule has 0 spiro atoms. The van der Waals surface area contributed by atoms with Crippen LogP contribution < -0.4 is 10.6 Å². The third-order valence-electron chi connectivity index (χ3n) is 7.03. The zero-order valence-electron chi connectivity index (χ0n) is 23.4. The van der Waals surface area contributed by atoms with Gasteiger partial charge in [-0.15, -0.1) is 9.24 Å². The molecule has 0 saturated carbocycles. The number of nitrogens with one attached hydrogen (secondary N) is 1. The van der Waals surface area contributed by atoms with Gasteiger partial charge in [-0.25, -0.2) is 4.39 Å². The summed E-state index contributed by atoms with van der Waals surface area (Å²) in [6, 6.07) is 12.3. The standard InChI is InChI=1S/C32H39F4N2P/c1-6-10-24(32(34,35)36)17-27(22(7-2)20-33)26(21(3)4)19-31-30(13-9-16-38(31)5)37-29-12-8-11-23-14-15-25(39)18-28(23)29/h7-8,10-12,14-15,17-19,30,37H,6,9,13,16,20,39H2,1-5H3/b22-7-,24-10-,27-17+,31-19-. The average Bonchev–Trinajstić information content (AvgIpc) is 2.87. The molecule has 2 aromatic carbocycles. The molecule has 2 nitrogen and oxygen atoms in total. The Hall–Kier alpha value is -2.85. The number of fused-ring (bicyclic) bond motifs is 1.